The molecule has 0 saturated carbocycles. The molecule has 26 heavy (non-hydrogen) atoms. The summed E-state index contributed by atoms with van der Waals surface area (Å²) in [6.45, 7) is 4.10. The summed E-state index contributed by atoms with van der Waals surface area (Å²) in [5.74, 6) is -0.358. The third kappa shape index (κ3) is 3.44. The zero-order valence-corrected chi connectivity index (χ0v) is 15.4. The van der Waals surface area contributed by atoms with Crippen LogP contribution in [0.5, 0.6) is 0 Å². The highest BCUT2D eigenvalue weighted by atomic mass is 16.2. The van der Waals surface area contributed by atoms with E-state index < -0.39 is 0 Å². The Labute approximate surface area is 154 Å². The van der Waals surface area contributed by atoms with Gasteiger partial charge < -0.3 is 11.1 Å². The molecule has 0 aromatic heterocycles. The van der Waals surface area contributed by atoms with Crippen molar-refractivity contribution in [2.75, 3.05) is 25.0 Å². The number of amides is 2. The second-order valence-electron chi connectivity index (χ2n) is 6.78. The highest BCUT2D eigenvalue weighted by Crippen LogP contribution is 2.34. The second-order valence-corrected chi connectivity index (χ2v) is 6.78. The van der Waals surface area contributed by atoms with Crippen molar-refractivity contribution in [3.8, 4) is 0 Å². The molecule has 0 aliphatic carbocycles. The molecule has 138 valence electrons. The van der Waals surface area contributed by atoms with Crippen molar-refractivity contribution in [2.45, 2.75) is 39.0 Å². The summed E-state index contributed by atoms with van der Waals surface area (Å²) in [6, 6.07) is 9.50. The van der Waals surface area contributed by atoms with Gasteiger partial charge in [0.2, 0.25) is 0 Å². The maximum Gasteiger partial charge on any atom is 0.261 e. The minimum Gasteiger partial charge on any atom is -0.385 e. The number of imide groups is 1. The van der Waals surface area contributed by atoms with Crippen molar-refractivity contribution in [3.05, 3.63) is 41.5 Å². The molecular weight excluding hydrogens is 326 g/mol. The van der Waals surface area contributed by atoms with Gasteiger partial charge in [0, 0.05) is 40.7 Å². The molecule has 0 bridgehead atoms. The average molecular weight is 353 g/mol. The van der Waals surface area contributed by atoms with E-state index in [0.717, 1.165) is 61.7 Å². The molecular formula is C21H27N3O2. The van der Waals surface area contributed by atoms with Gasteiger partial charge in [-0.1, -0.05) is 31.9 Å². The molecule has 1 aliphatic rings. The first kappa shape index (κ1) is 18.4. The Morgan fingerprint density at radius 2 is 1.73 bits per heavy atom. The number of anilines is 1. The predicted molar refractivity (Wildman–Crippen MR) is 106 cm³/mol. The van der Waals surface area contributed by atoms with Crippen molar-refractivity contribution in [1.29, 1.82) is 0 Å². The van der Waals surface area contributed by atoms with E-state index in [0.29, 0.717) is 17.7 Å². The highest BCUT2D eigenvalue weighted by Gasteiger charge is 2.32. The van der Waals surface area contributed by atoms with E-state index in [4.69, 9.17) is 5.73 Å². The standard InChI is InChI=1S/C21H27N3O2/c1-2-3-14-24-20(25)16-9-7-8-15-18(23-13-6-4-5-12-22)11-10-17(19(15)16)21(24)26/h7-11,23H,2-6,12-14,22H2,1H3. The fraction of sp³-hybridized carbons (Fsp3) is 0.429. The number of unbranched alkanes of at least 4 members (excludes halogenated alkanes) is 3. The Morgan fingerprint density at radius 3 is 2.46 bits per heavy atom. The van der Waals surface area contributed by atoms with Crippen LogP contribution in [0.25, 0.3) is 10.8 Å². The minimum absolute atomic E-state index is 0.179. The van der Waals surface area contributed by atoms with E-state index in [-0.39, 0.29) is 11.8 Å². The summed E-state index contributed by atoms with van der Waals surface area (Å²) in [4.78, 5) is 27.1. The molecule has 1 aliphatic heterocycles. The third-order valence-corrected chi connectivity index (χ3v) is 4.92. The van der Waals surface area contributed by atoms with Gasteiger partial charge in [-0.15, -0.1) is 0 Å². The van der Waals surface area contributed by atoms with Crippen LogP contribution in [0.4, 0.5) is 5.69 Å². The second kappa shape index (κ2) is 8.32. The number of hydrogen-bond acceptors (Lipinski definition) is 4. The van der Waals surface area contributed by atoms with E-state index in [1.54, 1.807) is 0 Å². The van der Waals surface area contributed by atoms with Gasteiger partial charge in [0.05, 0.1) is 0 Å². The molecule has 2 amide bonds. The number of carbonyl (C=O) groups excluding carboxylic acids is 2. The number of rotatable bonds is 9. The van der Waals surface area contributed by atoms with E-state index in [9.17, 15) is 9.59 Å². The summed E-state index contributed by atoms with van der Waals surface area (Å²) in [7, 11) is 0. The van der Waals surface area contributed by atoms with Gasteiger partial charge in [-0.25, -0.2) is 0 Å². The van der Waals surface area contributed by atoms with Crippen molar-refractivity contribution in [2.24, 2.45) is 5.73 Å². The van der Waals surface area contributed by atoms with Crippen LogP contribution in [0, 0.1) is 0 Å². The lowest BCUT2D eigenvalue weighted by atomic mass is 9.93. The van der Waals surface area contributed by atoms with Gasteiger partial charge in [-0.05, 0) is 44.0 Å². The van der Waals surface area contributed by atoms with Crippen molar-refractivity contribution < 1.29 is 9.59 Å². The van der Waals surface area contributed by atoms with Crippen LogP contribution >= 0.6 is 0 Å². The van der Waals surface area contributed by atoms with Crippen LogP contribution in [0.3, 0.4) is 0 Å². The minimum atomic E-state index is -0.179. The number of benzene rings is 2. The number of hydrogen-bond donors (Lipinski definition) is 2. The molecule has 1 heterocycles. The van der Waals surface area contributed by atoms with Gasteiger partial charge in [0.25, 0.3) is 11.8 Å². The van der Waals surface area contributed by atoms with E-state index >= 15 is 0 Å². The maximum absolute atomic E-state index is 12.8. The summed E-state index contributed by atoms with van der Waals surface area (Å²) >= 11 is 0. The molecule has 0 saturated heterocycles. The van der Waals surface area contributed by atoms with Gasteiger partial charge in [-0.3, -0.25) is 14.5 Å². The quantitative estimate of drug-likeness (QED) is 0.531. The maximum atomic E-state index is 12.8. The molecule has 0 fully saturated rings. The Kier molecular flexibility index (Phi) is 5.89. The smallest absolute Gasteiger partial charge is 0.261 e. The van der Waals surface area contributed by atoms with E-state index in [1.807, 2.05) is 30.3 Å². The lowest BCUT2D eigenvalue weighted by Crippen LogP contribution is -2.40. The molecule has 0 atom stereocenters. The Morgan fingerprint density at radius 1 is 0.962 bits per heavy atom. The van der Waals surface area contributed by atoms with Crippen LogP contribution in [0.15, 0.2) is 30.3 Å². The number of nitrogens with two attached hydrogens (primary N) is 1. The molecule has 0 radical (unpaired) electrons. The lowest BCUT2D eigenvalue weighted by Gasteiger charge is -2.27. The summed E-state index contributed by atoms with van der Waals surface area (Å²) in [5, 5.41) is 5.17. The first-order valence-corrected chi connectivity index (χ1v) is 9.55. The predicted octanol–water partition coefficient (Wildman–Crippen LogP) is 3.78. The van der Waals surface area contributed by atoms with Crippen molar-refractivity contribution in [1.82, 2.24) is 4.90 Å². The van der Waals surface area contributed by atoms with Gasteiger partial charge in [0.1, 0.15) is 0 Å². The molecule has 2 aromatic carbocycles. The van der Waals surface area contributed by atoms with Gasteiger partial charge >= 0.3 is 0 Å². The number of nitrogens with one attached hydrogen (secondary N) is 1. The van der Waals surface area contributed by atoms with Gasteiger partial charge in [-0.2, -0.15) is 0 Å². The van der Waals surface area contributed by atoms with Crippen LogP contribution in [-0.2, 0) is 0 Å². The molecule has 2 aromatic rings. The lowest BCUT2D eigenvalue weighted by molar-refractivity contribution is 0.0608. The SMILES string of the molecule is CCCCN1C(=O)c2cccc3c(NCCCCCN)ccc(c23)C1=O. The first-order chi connectivity index (χ1) is 12.7. The molecule has 0 unspecified atom stereocenters. The monoisotopic (exact) mass is 353 g/mol. The molecule has 0 spiro atoms. The molecule has 3 N–H and O–H groups in total. The zero-order chi connectivity index (χ0) is 18.5. The van der Waals surface area contributed by atoms with Crippen LogP contribution in [-0.4, -0.2) is 36.3 Å². The molecule has 3 rings (SSSR count). The molecule has 5 nitrogen and oxygen atoms in total. The largest absolute Gasteiger partial charge is 0.385 e. The van der Waals surface area contributed by atoms with Crippen LogP contribution in [0.2, 0.25) is 0 Å². The van der Waals surface area contributed by atoms with Gasteiger partial charge in [0.15, 0.2) is 0 Å². The zero-order valence-electron chi connectivity index (χ0n) is 15.4. The average Bonchev–Trinajstić information content (AvgIpc) is 2.66. The Balaban J connectivity index is 1.91. The number of carbonyl (C=O) groups is 2. The topological polar surface area (TPSA) is 75.4 Å². The number of nitrogens with zero attached hydrogens (tertiary/aromatic N) is 1. The fourth-order valence-corrected chi connectivity index (χ4v) is 3.49. The summed E-state index contributed by atoms with van der Waals surface area (Å²) in [5.41, 5.74) is 7.75. The normalized spacial score (nSPS) is 13.5. The van der Waals surface area contributed by atoms with E-state index in [2.05, 4.69) is 12.2 Å². The Bertz CT molecular complexity index is 794. The third-order valence-electron chi connectivity index (χ3n) is 4.92. The summed E-state index contributed by atoms with van der Waals surface area (Å²) in [6.07, 6.45) is 4.94. The highest BCUT2D eigenvalue weighted by molar-refractivity contribution is 6.26. The van der Waals surface area contributed by atoms with Crippen LogP contribution < -0.4 is 11.1 Å². The van der Waals surface area contributed by atoms with Crippen molar-refractivity contribution >= 4 is 28.3 Å². The molecule has 5 heteroatoms. The van der Waals surface area contributed by atoms with Crippen LogP contribution in [0.1, 0.15) is 59.7 Å². The summed E-state index contributed by atoms with van der Waals surface area (Å²) < 4.78 is 0. The fourth-order valence-electron chi connectivity index (χ4n) is 3.49. The van der Waals surface area contributed by atoms with Crippen molar-refractivity contribution in [3.63, 3.8) is 0 Å². The Hall–Kier alpha value is -2.40. The first-order valence-electron chi connectivity index (χ1n) is 9.55. The van der Waals surface area contributed by atoms with E-state index in [1.165, 1.54) is 4.90 Å².